The van der Waals surface area contributed by atoms with Crippen molar-refractivity contribution >= 4 is 28.3 Å². The van der Waals surface area contributed by atoms with Crippen LogP contribution in [0.1, 0.15) is 38.3 Å². The minimum Gasteiger partial charge on any atom is -0.496 e. The number of methoxy groups -OCH3 is 1. The molecule has 1 aliphatic rings. The van der Waals surface area contributed by atoms with E-state index in [0.29, 0.717) is 17.9 Å². The van der Waals surface area contributed by atoms with Gasteiger partial charge in [-0.15, -0.1) is 0 Å². The van der Waals surface area contributed by atoms with Gasteiger partial charge in [-0.25, -0.2) is 10.3 Å². The standard InChI is InChI=1S/C21H24N2O6/c1-4-5-6-10-21(26)19(18(17(12-24)29-21)20(25)23-28-3)15-11-13-14(22-15)8-7-9-16(13)27-2/h7-9,11,22,26H,4-6,10H2,1-3H3,(H,23,25). The Kier molecular flexibility index (Phi) is 6.08. The third-order valence-electron chi connectivity index (χ3n) is 4.89. The molecule has 0 bridgehead atoms. The van der Waals surface area contributed by atoms with Gasteiger partial charge in [-0.1, -0.05) is 25.8 Å². The molecule has 2 aromatic rings. The molecule has 1 amide bonds. The number of aliphatic hydroxyl groups is 1. The lowest BCUT2D eigenvalue weighted by atomic mass is 9.93. The fourth-order valence-electron chi connectivity index (χ4n) is 3.59. The van der Waals surface area contributed by atoms with Crippen molar-refractivity contribution in [3.8, 4) is 5.75 Å². The molecule has 2 heterocycles. The minimum atomic E-state index is -1.85. The summed E-state index contributed by atoms with van der Waals surface area (Å²) < 4.78 is 10.9. The summed E-state index contributed by atoms with van der Waals surface area (Å²) in [4.78, 5) is 32.0. The van der Waals surface area contributed by atoms with E-state index in [1.54, 1.807) is 19.1 Å². The fraction of sp³-hybridized carbons (Fsp3) is 0.381. The number of benzene rings is 1. The van der Waals surface area contributed by atoms with Crippen molar-refractivity contribution in [3.63, 3.8) is 0 Å². The van der Waals surface area contributed by atoms with Gasteiger partial charge in [0.05, 0.1) is 25.5 Å². The van der Waals surface area contributed by atoms with E-state index in [0.717, 1.165) is 23.7 Å². The zero-order valence-electron chi connectivity index (χ0n) is 16.6. The van der Waals surface area contributed by atoms with Crippen LogP contribution in [0.3, 0.4) is 0 Å². The summed E-state index contributed by atoms with van der Waals surface area (Å²) in [5, 5.41) is 12.1. The summed E-state index contributed by atoms with van der Waals surface area (Å²) in [6, 6.07) is 7.23. The van der Waals surface area contributed by atoms with Gasteiger partial charge in [-0.2, -0.15) is 0 Å². The second kappa shape index (κ2) is 8.53. The van der Waals surface area contributed by atoms with Crippen LogP contribution in [-0.4, -0.2) is 41.9 Å². The van der Waals surface area contributed by atoms with E-state index in [9.17, 15) is 14.7 Å². The largest absolute Gasteiger partial charge is 0.496 e. The zero-order chi connectivity index (χ0) is 21.0. The Balaban J connectivity index is 2.22. The summed E-state index contributed by atoms with van der Waals surface area (Å²) in [5.41, 5.74) is 3.42. The van der Waals surface area contributed by atoms with Gasteiger partial charge in [0.15, 0.2) is 5.94 Å². The number of H-pyrrole nitrogens is 1. The zero-order valence-corrected chi connectivity index (χ0v) is 16.6. The van der Waals surface area contributed by atoms with Crippen LogP contribution in [0, 0.1) is 0 Å². The summed E-state index contributed by atoms with van der Waals surface area (Å²) in [6.07, 6.45) is 2.65. The number of aromatic nitrogens is 1. The number of carbonyl (C=O) groups is 1. The van der Waals surface area contributed by atoms with Crippen molar-refractivity contribution < 1.29 is 29.0 Å². The van der Waals surface area contributed by atoms with Crippen LogP contribution in [-0.2, 0) is 19.2 Å². The highest BCUT2D eigenvalue weighted by atomic mass is 16.6. The van der Waals surface area contributed by atoms with Gasteiger partial charge in [0.25, 0.3) is 5.91 Å². The molecule has 154 valence electrons. The number of unbranched alkanes of at least 4 members (excludes halogenated alkanes) is 2. The number of hydrogen-bond donors (Lipinski definition) is 3. The fourth-order valence-corrected chi connectivity index (χ4v) is 3.59. The van der Waals surface area contributed by atoms with Crippen molar-refractivity contribution in [2.24, 2.45) is 0 Å². The van der Waals surface area contributed by atoms with E-state index in [2.05, 4.69) is 10.5 Å². The molecular weight excluding hydrogens is 376 g/mol. The first-order valence-electron chi connectivity index (χ1n) is 9.40. The van der Waals surface area contributed by atoms with Crippen molar-refractivity contribution in [2.75, 3.05) is 14.2 Å². The highest BCUT2D eigenvalue weighted by Gasteiger charge is 2.48. The van der Waals surface area contributed by atoms with Gasteiger partial charge in [0.2, 0.25) is 11.5 Å². The third-order valence-corrected chi connectivity index (χ3v) is 4.89. The molecule has 1 unspecified atom stereocenters. The Morgan fingerprint density at radius 2 is 2.14 bits per heavy atom. The molecule has 0 radical (unpaired) electrons. The average Bonchev–Trinajstić information content (AvgIpc) is 3.26. The second-order valence-electron chi connectivity index (χ2n) is 6.76. The Hall–Kier alpha value is -3.06. The first kappa shape index (κ1) is 20.7. The number of carbonyl (C=O) groups excluding carboxylic acids is 2. The number of fused-ring (bicyclic) bond motifs is 1. The first-order valence-corrected chi connectivity index (χ1v) is 9.40. The molecule has 1 aromatic heterocycles. The Morgan fingerprint density at radius 3 is 2.79 bits per heavy atom. The van der Waals surface area contributed by atoms with Crippen molar-refractivity contribution in [3.05, 3.63) is 41.3 Å². The monoisotopic (exact) mass is 400 g/mol. The van der Waals surface area contributed by atoms with Crippen LogP contribution in [0.5, 0.6) is 5.75 Å². The molecule has 1 aliphatic heterocycles. The lowest BCUT2D eigenvalue weighted by Crippen LogP contribution is -2.30. The lowest BCUT2D eigenvalue weighted by Gasteiger charge is -2.25. The molecule has 3 N–H and O–H groups in total. The lowest BCUT2D eigenvalue weighted by molar-refractivity contribution is -0.128. The van der Waals surface area contributed by atoms with E-state index < -0.39 is 11.7 Å². The normalized spacial score (nSPS) is 18.7. The Labute approximate surface area is 168 Å². The molecule has 1 aromatic carbocycles. The van der Waals surface area contributed by atoms with Gasteiger partial charge in [0.1, 0.15) is 11.3 Å². The predicted octanol–water partition coefficient (Wildman–Crippen LogP) is 2.62. The summed E-state index contributed by atoms with van der Waals surface area (Å²) >= 11 is 0. The van der Waals surface area contributed by atoms with Crippen LogP contribution in [0.2, 0.25) is 0 Å². The minimum absolute atomic E-state index is 0.119. The van der Waals surface area contributed by atoms with Crippen LogP contribution in [0.25, 0.3) is 16.5 Å². The predicted molar refractivity (Wildman–Crippen MR) is 106 cm³/mol. The number of hydrogen-bond acceptors (Lipinski definition) is 6. The molecular formula is C21H24N2O6. The van der Waals surface area contributed by atoms with Crippen molar-refractivity contribution in [2.45, 2.75) is 38.4 Å². The first-order chi connectivity index (χ1) is 14.0. The molecule has 8 heteroatoms. The quantitative estimate of drug-likeness (QED) is 0.357. The number of aromatic amines is 1. The molecule has 0 saturated carbocycles. The topological polar surface area (TPSA) is 110 Å². The number of amides is 1. The van der Waals surface area contributed by atoms with E-state index >= 15 is 0 Å². The molecule has 0 spiro atoms. The second-order valence-corrected chi connectivity index (χ2v) is 6.76. The maximum absolute atomic E-state index is 12.6. The maximum Gasteiger partial charge on any atom is 0.280 e. The van der Waals surface area contributed by atoms with Crippen LogP contribution < -0.4 is 10.2 Å². The average molecular weight is 400 g/mol. The molecule has 8 nitrogen and oxygen atoms in total. The van der Waals surface area contributed by atoms with Crippen LogP contribution >= 0.6 is 0 Å². The molecule has 0 fully saturated rings. The van der Waals surface area contributed by atoms with Gasteiger partial charge < -0.3 is 19.6 Å². The van der Waals surface area contributed by atoms with Gasteiger partial charge in [0, 0.05) is 17.3 Å². The van der Waals surface area contributed by atoms with Gasteiger partial charge in [-0.3, -0.25) is 9.63 Å². The van der Waals surface area contributed by atoms with E-state index in [1.165, 1.54) is 7.11 Å². The van der Waals surface area contributed by atoms with Gasteiger partial charge in [-0.05, 0) is 24.6 Å². The maximum atomic E-state index is 12.6. The summed E-state index contributed by atoms with van der Waals surface area (Å²) in [7, 11) is 2.84. The van der Waals surface area contributed by atoms with Crippen molar-refractivity contribution in [1.29, 1.82) is 0 Å². The number of hydroxylamine groups is 1. The third kappa shape index (κ3) is 3.78. The number of nitrogens with one attached hydrogen (secondary N) is 2. The SMILES string of the molecule is CCCCCC1(O)OC(=C=O)C(C(=O)NOC)=C1c1cc2c(OC)cccc2[nH]1. The Morgan fingerprint density at radius 1 is 1.34 bits per heavy atom. The molecule has 29 heavy (non-hydrogen) atoms. The molecule has 0 aliphatic carbocycles. The molecule has 3 rings (SSSR count). The van der Waals surface area contributed by atoms with E-state index in [4.69, 9.17) is 14.3 Å². The van der Waals surface area contributed by atoms with Crippen molar-refractivity contribution in [1.82, 2.24) is 10.5 Å². The smallest absolute Gasteiger partial charge is 0.280 e. The number of ether oxygens (including phenoxy) is 2. The highest BCUT2D eigenvalue weighted by molar-refractivity contribution is 6.09. The molecule has 0 saturated heterocycles. The van der Waals surface area contributed by atoms with Gasteiger partial charge >= 0.3 is 0 Å². The van der Waals surface area contributed by atoms with Crippen LogP contribution in [0.15, 0.2) is 35.6 Å². The summed E-state index contributed by atoms with van der Waals surface area (Å²) in [6.45, 7) is 2.04. The highest BCUT2D eigenvalue weighted by Crippen LogP contribution is 2.45. The van der Waals surface area contributed by atoms with Crippen LogP contribution in [0.4, 0.5) is 0 Å². The number of rotatable bonds is 8. The Bertz CT molecular complexity index is 1000. The molecule has 1 atom stereocenters. The van der Waals surface area contributed by atoms with E-state index in [-0.39, 0.29) is 23.3 Å². The summed E-state index contributed by atoms with van der Waals surface area (Å²) in [5.74, 6) is -0.664. The van der Waals surface area contributed by atoms with E-state index in [1.807, 2.05) is 25.1 Å².